The van der Waals surface area contributed by atoms with Gasteiger partial charge in [0.1, 0.15) is 15.5 Å². The van der Waals surface area contributed by atoms with Crippen molar-refractivity contribution < 1.29 is 22.0 Å². The first kappa shape index (κ1) is 27.3. The second-order valence-corrected chi connectivity index (χ2v) is 13.4. The maximum Gasteiger partial charge on any atom is 0.252 e. The van der Waals surface area contributed by atoms with Gasteiger partial charge in [-0.2, -0.15) is 4.31 Å². The second-order valence-electron chi connectivity index (χ2n) is 8.48. The molecule has 1 aliphatic rings. The van der Waals surface area contributed by atoms with Crippen molar-refractivity contribution >= 4 is 65.6 Å². The van der Waals surface area contributed by atoms with Gasteiger partial charge in [-0.1, -0.05) is 36.8 Å². The Balaban J connectivity index is 1.54. The molecule has 2 aromatic heterocycles. The second kappa shape index (κ2) is 11.4. The predicted octanol–water partition coefficient (Wildman–Crippen LogP) is 5.07. The maximum absolute atomic E-state index is 14.3. The number of fused-ring (bicyclic) bond motifs is 1. The highest BCUT2D eigenvalue weighted by Gasteiger charge is 2.35. The van der Waals surface area contributed by atoms with Gasteiger partial charge >= 0.3 is 0 Å². The largest absolute Gasteiger partial charge is 0.302 e. The highest BCUT2D eigenvalue weighted by molar-refractivity contribution is 7.91. The number of aromatic nitrogens is 1. The van der Waals surface area contributed by atoms with Crippen LogP contribution in [0.1, 0.15) is 26.7 Å². The highest BCUT2D eigenvalue weighted by atomic mass is 35.5. The van der Waals surface area contributed by atoms with E-state index in [0.29, 0.717) is 40.1 Å². The van der Waals surface area contributed by atoms with E-state index < -0.39 is 27.6 Å². The van der Waals surface area contributed by atoms with Gasteiger partial charge in [-0.25, -0.2) is 22.2 Å². The number of halogens is 3. The van der Waals surface area contributed by atoms with E-state index in [-0.39, 0.29) is 28.7 Å². The van der Waals surface area contributed by atoms with Crippen LogP contribution in [-0.4, -0.2) is 67.8 Å². The third-order valence-corrected chi connectivity index (χ3v) is 11.0. The van der Waals surface area contributed by atoms with Crippen LogP contribution >= 0.6 is 34.3 Å². The molecule has 0 bridgehead atoms. The molecule has 0 atom stereocenters. The van der Waals surface area contributed by atoms with E-state index in [1.807, 2.05) is 13.8 Å². The summed E-state index contributed by atoms with van der Waals surface area (Å²) in [5, 5.41) is 0.315. The summed E-state index contributed by atoms with van der Waals surface area (Å²) in [5.41, 5.74) is 0.0348. The summed E-state index contributed by atoms with van der Waals surface area (Å²) in [6, 6.07) is 5.04. The van der Waals surface area contributed by atoms with Gasteiger partial charge in [-0.05, 0) is 44.1 Å². The molecule has 196 valence electrons. The van der Waals surface area contributed by atoms with Crippen molar-refractivity contribution in [1.29, 1.82) is 0 Å². The van der Waals surface area contributed by atoms with Crippen LogP contribution in [0, 0.1) is 17.6 Å². The molecule has 7 nitrogen and oxygen atoms in total. The summed E-state index contributed by atoms with van der Waals surface area (Å²) in [6.45, 7) is 7.03. The number of amides is 1. The summed E-state index contributed by atoms with van der Waals surface area (Å²) in [7, 11) is -3.67. The van der Waals surface area contributed by atoms with Crippen LogP contribution in [0.2, 0.25) is 4.34 Å². The first-order valence-corrected chi connectivity index (χ1v) is 15.1. The van der Waals surface area contributed by atoms with Gasteiger partial charge in [0.25, 0.3) is 10.0 Å². The third kappa shape index (κ3) is 5.73. The lowest BCUT2D eigenvalue weighted by Gasteiger charge is -2.33. The van der Waals surface area contributed by atoms with Crippen LogP contribution in [0.3, 0.4) is 0 Å². The van der Waals surface area contributed by atoms with Crippen molar-refractivity contribution in [2.24, 2.45) is 5.92 Å². The number of nitrogens with zero attached hydrogens (tertiary/aromatic N) is 4. The molecule has 0 radical (unpaired) electrons. The fourth-order valence-corrected chi connectivity index (χ4v) is 8.41. The summed E-state index contributed by atoms with van der Waals surface area (Å²) in [5.74, 6) is -2.06. The van der Waals surface area contributed by atoms with Crippen LogP contribution in [0.25, 0.3) is 10.2 Å². The van der Waals surface area contributed by atoms with Crippen molar-refractivity contribution in [2.45, 2.75) is 30.9 Å². The first-order chi connectivity index (χ1) is 17.1. The van der Waals surface area contributed by atoms with Gasteiger partial charge < -0.3 is 4.90 Å². The quantitative estimate of drug-likeness (QED) is 0.356. The summed E-state index contributed by atoms with van der Waals surface area (Å²) in [6.07, 6.45) is 0.708. The average molecular weight is 577 g/mol. The highest BCUT2D eigenvalue weighted by Crippen LogP contribution is 2.34. The fraction of sp³-hybridized carbons (Fsp3) is 0.478. The molecule has 4 rings (SSSR count). The van der Waals surface area contributed by atoms with Crippen molar-refractivity contribution in [2.75, 3.05) is 44.2 Å². The standard InChI is InChI=1S/C23H27ClF2N4O3S3/c1-3-28(4-2)11-12-30(23-27-21-17(26)13-16(25)14-18(21)34-23)22(31)15-7-9-29(10-8-15)36(32,33)20-6-5-19(24)35-20/h5-6,13-15H,3-4,7-12H2,1-2H3. The van der Waals surface area contributed by atoms with E-state index in [2.05, 4.69) is 9.88 Å². The lowest BCUT2D eigenvalue weighted by Crippen LogP contribution is -2.46. The minimum Gasteiger partial charge on any atom is -0.302 e. The number of rotatable bonds is 9. The summed E-state index contributed by atoms with van der Waals surface area (Å²) >= 11 is 8.00. The van der Waals surface area contributed by atoms with E-state index in [0.717, 1.165) is 41.8 Å². The fourth-order valence-electron chi connectivity index (χ4n) is 4.27. The Morgan fingerprint density at radius 2 is 1.83 bits per heavy atom. The van der Waals surface area contributed by atoms with Gasteiger partial charge in [0, 0.05) is 38.2 Å². The zero-order valence-corrected chi connectivity index (χ0v) is 23.1. The molecular formula is C23H27ClF2N4O3S3. The number of thiazole rings is 1. The molecule has 0 N–H and O–H groups in total. The molecule has 1 fully saturated rings. The number of thiophene rings is 1. The van der Waals surface area contributed by atoms with Gasteiger partial charge in [0.2, 0.25) is 5.91 Å². The molecule has 1 amide bonds. The smallest absolute Gasteiger partial charge is 0.252 e. The lowest BCUT2D eigenvalue weighted by atomic mass is 9.96. The zero-order chi connectivity index (χ0) is 26.0. The van der Waals surface area contributed by atoms with E-state index in [1.54, 1.807) is 11.0 Å². The molecular weight excluding hydrogens is 550 g/mol. The van der Waals surface area contributed by atoms with Crippen molar-refractivity contribution in [3.8, 4) is 0 Å². The molecule has 1 aromatic carbocycles. The number of carbonyl (C=O) groups excluding carboxylic acids is 1. The number of anilines is 1. The van der Waals surface area contributed by atoms with Crippen LogP contribution in [0.15, 0.2) is 28.5 Å². The van der Waals surface area contributed by atoms with Crippen LogP contribution in [0.5, 0.6) is 0 Å². The Labute approximate surface area is 222 Å². The van der Waals surface area contributed by atoms with E-state index in [4.69, 9.17) is 11.6 Å². The monoisotopic (exact) mass is 576 g/mol. The summed E-state index contributed by atoms with van der Waals surface area (Å²) < 4.78 is 56.2. The normalized spacial score (nSPS) is 15.7. The maximum atomic E-state index is 14.3. The molecule has 0 unspecified atom stereocenters. The van der Waals surface area contributed by atoms with Gasteiger partial charge in [0.05, 0.1) is 9.04 Å². The van der Waals surface area contributed by atoms with E-state index >= 15 is 0 Å². The third-order valence-electron chi connectivity index (χ3n) is 6.38. The van der Waals surface area contributed by atoms with Gasteiger partial charge in [-0.15, -0.1) is 11.3 Å². The Kier molecular flexibility index (Phi) is 8.63. The number of hydrogen-bond donors (Lipinski definition) is 0. The molecule has 1 aliphatic heterocycles. The van der Waals surface area contributed by atoms with Crippen LogP contribution in [-0.2, 0) is 14.8 Å². The number of likely N-dealkylation sites (N-methyl/N-ethyl adjacent to an activating group) is 1. The van der Waals surface area contributed by atoms with Crippen LogP contribution < -0.4 is 4.90 Å². The Morgan fingerprint density at radius 3 is 2.44 bits per heavy atom. The Hall–Kier alpha value is -1.70. The zero-order valence-electron chi connectivity index (χ0n) is 19.9. The molecule has 3 heterocycles. The number of hydrogen-bond acceptors (Lipinski definition) is 7. The average Bonchev–Trinajstić information content (AvgIpc) is 3.48. The molecule has 0 saturated carbocycles. The SMILES string of the molecule is CCN(CC)CCN(C(=O)C1CCN(S(=O)(=O)c2ccc(Cl)s2)CC1)c1nc2c(F)cc(F)cc2s1. The molecule has 3 aromatic rings. The Bertz CT molecular complexity index is 1340. The predicted molar refractivity (Wildman–Crippen MR) is 140 cm³/mol. The van der Waals surface area contributed by atoms with E-state index in [1.165, 1.54) is 16.4 Å². The minimum absolute atomic E-state index is 0.0348. The van der Waals surface area contributed by atoms with E-state index in [9.17, 15) is 22.0 Å². The number of sulfonamides is 1. The molecule has 1 saturated heterocycles. The van der Waals surface area contributed by atoms with Gasteiger partial charge in [0.15, 0.2) is 10.9 Å². The van der Waals surface area contributed by atoms with Crippen LogP contribution in [0.4, 0.5) is 13.9 Å². The van der Waals surface area contributed by atoms with Crippen molar-refractivity contribution in [3.63, 3.8) is 0 Å². The number of benzene rings is 1. The Morgan fingerprint density at radius 1 is 1.14 bits per heavy atom. The van der Waals surface area contributed by atoms with Gasteiger partial charge in [-0.3, -0.25) is 9.69 Å². The molecule has 0 aliphatic carbocycles. The van der Waals surface area contributed by atoms with Crippen molar-refractivity contribution in [1.82, 2.24) is 14.2 Å². The molecule has 13 heteroatoms. The number of carbonyl (C=O) groups is 1. The lowest BCUT2D eigenvalue weighted by molar-refractivity contribution is -0.123. The first-order valence-electron chi connectivity index (χ1n) is 11.7. The minimum atomic E-state index is -3.67. The summed E-state index contributed by atoms with van der Waals surface area (Å²) in [4.78, 5) is 21.7. The number of piperidine rings is 1. The van der Waals surface area contributed by atoms with Crippen molar-refractivity contribution in [3.05, 3.63) is 40.2 Å². The topological polar surface area (TPSA) is 73.8 Å². The molecule has 36 heavy (non-hydrogen) atoms. The molecule has 0 spiro atoms.